The zero-order chi connectivity index (χ0) is 24.4. The fraction of sp³-hybridized carbons (Fsp3) is 0.464. The summed E-state index contributed by atoms with van der Waals surface area (Å²) in [6.45, 7) is 6.07. The lowest BCUT2D eigenvalue weighted by Crippen LogP contribution is -2.45. The Labute approximate surface area is 207 Å². The SMILES string of the molecule is Cc1nn(C)cc1CN(C)C(Cc1ccccc1F)C1CCN(Cc2cccc3c2OCO3)CC1. The van der Waals surface area contributed by atoms with Crippen LogP contribution in [0.3, 0.4) is 0 Å². The number of nitrogens with zero attached hydrogens (tertiary/aromatic N) is 4. The molecule has 1 saturated heterocycles. The van der Waals surface area contributed by atoms with Crippen LogP contribution in [0.25, 0.3) is 0 Å². The van der Waals surface area contributed by atoms with Gasteiger partial charge in [0.05, 0.1) is 5.69 Å². The van der Waals surface area contributed by atoms with E-state index in [1.807, 2.05) is 36.0 Å². The molecule has 7 heteroatoms. The molecule has 1 atom stereocenters. The van der Waals surface area contributed by atoms with Gasteiger partial charge in [-0.3, -0.25) is 14.5 Å². The van der Waals surface area contributed by atoms with Gasteiger partial charge in [0, 0.05) is 43.5 Å². The summed E-state index contributed by atoms with van der Waals surface area (Å²) >= 11 is 0. The molecule has 0 N–H and O–H groups in total. The molecule has 0 bridgehead atoms. The van der Waals surface area contributed by atoms with Gasteiger partial charge in [-0.2, -0.15) is 5.10 Å². The molecule has 0 spiro atoms. The summed E-state index contributed by atoms with van der Waals surface area (Å²) in [6.07, 6.45) is 4.98. The molecule has 1 fully saturated rings. The van der Waals surface area contributed by atoms with Gasteiger partial charge in [-0.15, -0.1) is 0 Å². The van der Waals surface area contributed by atoms with Crippen molar-refractivity contribution in [3.05, 3.63) is 76.9 Å². The van der Waals surface area contributed by atoms with E-state index in [1.54, 1.807) is 12.1 Å². The smallest absolute Gasteiger partial charge is 0.231 e. The maximum atomic E-state index is 14.6. The maximum Gasteiger partial charge on any atom is 0.231 e. The molecule has 3 heterocycles. The Hall–Kier alpha value is -2.90. The number of likely N-dealkylation sites (N-methyl/N-ethyl adjacent to an activating group) is 1. The highest BCUT2D eigenvalue weighted by Gasteiger charge is 2.31. The van der Waals surface area contributed by atoms with Gasteiger partial charge >= 0.3 is 0 Å². The number of aromatic nitrogens is 2. The molecule has 2 aromatic carbocycles. The second-order valence-corrected chi connectivity index (χ2v) is 9.96. The number of piperidine rings is 1. The van der Waals surface area contributed by atoms with E-state index < -0.39 is 0 Å². The average molecular weight is 479 g/mol. The van der Waals surface area contributed by atoms with Crippen molar-refractivity contribution in [1.29, 1.82) is 0 Å². The molecule has 0 amide bonds. The van der Waals surface area contributed by atoms with Crippen molar-refractivity contribution in [1.82, 2.24) is 19.6 Å². The fourth-order valence-corrected chi connectivity index (χ4v) is 5.61. The van der Waals surface area contributed by atoms with E-state index in [0.29, 0.717) is 19.1 Å². The lowest BCUT2D eigenvalue weighted by Gasteiger charge is -2.40. The van der Waals surface area contributed by atoms with Gasteiger partial charge < -0.3 is 9.47 Å². The first-order valence-corrected chi connectivity index (χ1v) is 12.5. The molecule has 0 aliphatic carbocycles. The fourth-order valence-electron chi connectivity index (χ4n) is 5.61. The van der Waals surface area contributed by atoms with Crippen molar-refractivity contribution in [2.45, 2.75) is 45.3 Å². The van der Waals surface area contributed by atoms with Crippen LogP contribution in [0, 0.1) is 18.7 Å². The normalized spacial score (nSPS) is 17.3. The third-order valence-corrected chi connectivity index (χ3v) is 7.54. The molecule has 0 radical (unpaired) electrons. The molecular formula is C28H35FN4O2. The molecule has 1 aromatic heterocycles. The first kappa shape index (κ1) is 23.8. The molecule has 2 aliphatic heterocycles. The molecular weight excluding hydrogens is 443 g/mol. The minimum absolute atomic E-state index is 0.110. The molecule has 186 valence electrons. The van der Waals surface area contributed by atoms with E-state index in [1.165, 1.54) is 11.1 Å². The van der Waals surface area contributed by atoms with Crippen molar-refractivity contribution >= 4 is 0 Å². The van der Waals surface area contributed by atoms with Crippen LogP contribution in [0.2, 0.25) is 0 Å². The lowest BCUT2D eigenvalue weighted by atomic mass is 9.84. The zero-order valence-corrected chi connectivity index (χ0v) is 20.9. The Morgan fingerprint density at radius 3 is 2.57 bits per heavy atom. The summed E-state index contributed by atoms with van der Waals surface area (Å²) in [5, 5.41) is 4.51. The number of halogens is 1. The Balaban J connectivity index is 1.28. The summed E-state index contributed by atoms with van der Waals surface area (Å²) in [5.74, 6) is 2.11. The first-order valence-electron chi connectivity index (χ1n) is 12.5. The number of hydrogen-bond acceptors (Lipinski definition) is 5. The summed E-state index contributed by atoms with van der Waals surface area (Å²) in [7, 11) is 4.14. The van der Waals surface area contributed by atoms with Crippen LogP contribution in [-0.4, -0.2) is 52.6 Å². The van der Waals surface area contributed by atoms with Gasteiger partial charge in [-0.1, -0.05) is 30.3 Å². The largest absolute Gasteiger partial charge is 0.454 e. The topological polar surface area (TPSA) is 42.8 Å². The van der Waals surface area contributed by atoms with E-state index in [2.05, 4.69) is 41.1 Å². The Bertz CT molecular complexity index is 1160. The standard InChI is InChI=1S/C28H35FN4O2/c1-20-24(17-32(3)30-20)16-31(2)26(15-22-7-4-5-9-25(22)29)21-11-13-33(14-12-21)18-23-8-6-10-27-28(23)35-19-34-27/h4-10,17,21,26H,11-16,18-19H2,1-3H3. The van der Waals surface area contributed by atoms with Gasteiger partial charge in [0.15, 0.2) is 11.5 Å². The molecule has 3 aromatic rings. The molecule has 0 saturated carbocycles. The van der Waals surface area contributed by atoms with E-state index in [0.717, 1.165) is 61.8 Å². The van der Waals surface area contributed by atoms with Gasteiger partial charge in [-0.25, -0.2) is 4.39 Å². The average Bonchev–Trinajstić information content (AvgIpc) is 3.45. The highest BCUT2D eigenvalue weighted by atomic mass is 19.1. The molecule has 2 aliphatic rings. The third kappa shape index (κ3) is 5.36. The number of para-hydroxylation sites is 1. The van der Waals surface area contributed by atoms with E-state index in [9.17, 15) is 4.39 Å². The molecule has 6 nitrogen and oxygen atoms in total. The van der Waals surface area contributed by atoms with E-state index >= 15 is 0 Å². The second kappa shape index (κ2) is 10.4. The summed E-state index contributed by atoms with van der Waals surface area (Å²) in [5.41, 5.74) is 4.27. The highest BCUT2D eigenvalue weighted by Crippen LogP contribution is 2.37. The van der Waals surface area contributed by atoms with Crippen molar-refractivity contribution in [2.75, 3.05) is 26.9 Å². The number of hydrogen-bond donors (Lipinski definition) is 0. The lowest BCUT2D eigenvalue weighted by molar-refractivity contribution is 0.0942. The first-order chi connectivity index (χ1) is 17.0. The molecule has 35 heavy (non-hydrogen) atoms. The van der Waals surface area contributed by atoms with Crippen molar-refractivity contribution in [3.8, 4) is 11.5 Å². The summed E-state index contributed by atoms with van der Waals surface area (Å²) in [4.78, 5) is 4.91. The van der Waals surface area contributed by atoms with E-state index in [4.69, 9.17) is 9.47 Å². The van der Waals surface area contributed by atoms with Gasteiger partial charge in [0.25, 0.3) is 0 Å². The van der Waals surface area contributed by atoms with Crippen LogP contribution < -0.4 is 9.47 Å². The predicted octanol–water partition coefficient (Wildman–Crippen LogP) is 4.55. The van der Waals surface area contributed by atoms with Crippen molar-refractivity contribution in [2.24, 2.45) is 13.0 Å². The zero-order valence-electron chi connectivity index (χ0n) is 20.9. The number of likely N-dealkylation sites (tertiary alicyclic amines) is 1. The molecule has 1 unspecified atom stereocenters. The monoisotopic (exact) mass is 478 g/mol. The van der Waals surface area contributed by atoms with Crippen molar-refractivity contribution in [3.63, 3.8) is 0 Å². The number of ether oxygens (including phenoxy) is 2. The number of rotatable bonds is 8. The Morgan fingerprint density at radius 1 is 1.06 bits per heavy atom. The van der Waals surface area contributed by atoms with Crippen LogP contribution in [0.4, 0.5) is 4.39 Å². The third-order valence-electron chi connectivity index (χ3n) is 7.54. The van der Waals surface area contributed by atoms with E-state index in [-0.39, 0.29) is 11.9 Å². The van der Waals surface area contributed by atoms with Crippen LogP contribution in [0.5, 0.6) is 11.5 Å². The minimum Gasteiger partial charge on any atom is -0.454 e. The van der Waals surface area contributed by atoms with Gasteiger partial charge in [0.1, 0.15) is 5.82 Å². The van der Waals surface area contributed by atoms with Crippen LogP contribution in [-0.2, 0) is 26.6 Å². The maximum absolute atomic E-state index is 14.6. The predicted molar refractivity (Wildman–Crippen MR) is 134 cm³/mol. The Morgan fingerprint density at radius 2 is 1.83 bits per heavy atom. The quantitative estimate of drug-likeness (QED) is 0.475. The minimum atomic E-state index is -0.110. The summed E-state index contributed by atoms with van der Waals surface area (Å²) < 4.78 is 27.8. The summed E-state index contributed by atoms with van der Waals surface area (Å²) in [6, 6.07) is 13.6. The Kier molecular flexibility index (Phi) is 7.07. The second-order valence-electron chi connectivity index (χ2n) is 9.96. The number of aryl methyl sites for hydroxylation is 2. The van der Waals surface area contributed by atoms with Gasteiger partial charge in [-0.05, 0) is 69.9 Å². The van der Waals surface area contributed by atoms with Crippen molar-refractivity contribution < 1.29 is 13.9 Å². The van der Waals surface area contributed by atoms with Crippen LogP contribution in [0.15, 0.2) is 48.7 Å². The number of benzene rings is 2. The molecule has 5 rings (SSSR count). The van der Waals surface area contributed by atoms with Crippen LogP contribution >= 0.6 is 0 Å². The van der Waals surface area contributed by atoms with Crippen LogP contribution in [0.1, 0.15) is 35.2 Å². The number of fused-ring (bicyclic) bond motifs is 1. The highest BCUT2D eigenvalue weighted by molar-refractivity contribution is 5.48. The van der Waals surface area contributed by atoms with Gasteiger partial charge in [0.2, 0.25) is 6.79 Å².